The van der Waals surface area contributed by atoms with Gasteiger partial charge in [0.2, 0.25) is 0 Å². The number of rotatable bonds is 10. The van der Waals surface area contributed by atoms with Crippen LogP contribution in [0.25, 0.3) is 11.1 Å². The van der Waals surface area contributed by atoms with Gasteiger partial charge in [-0.1, -0.05) is 95.3 Å². The molecule has 0 fully saturated rings. The molecule has 0 saturated carbocycles. The molecule has 0 saturated heterocycles. The van der Waals surface area contributed by atoms with Gasteiger partial charge in [-0.15, -0.1) is 0 Å². The Morgan fingerprint density at radius 3 is 1.77 bits per heavy atom. The zero-order valence-corrected chi connectivity index (χ0v) is 24.9. The Morgan fingerprint density at radius 2 is 1.32 bits per heavy atom. The van der Waals surface area contributed by atoms with E-state index in [1.165, 1.54) is 27.8 Å². The van der Waals surface area contributed by atoms with Crippen molar-refractivity contribution in [2.45, 2.75) is 85.4 Å². The monoisotopic (exact) mass is 555 g/mol. The third-order valence-corrected chi connectivity index (χ3v) is 6.74. The van der Waals surface area contributed by atoms with Crippen molar-refractivity contribution in [3.8, 4) is 11.1 Å². The first kappa shape index (κ1) is 32.9. The lowest BCUT2D eigenvalue weighted by atomic mass is 9.87. The Morgan fingerprint density at radius 1 is 0.825 bits per heavy atom. The number of carbonyl (C=O) groups is 1. The largest absolute Gasteiger partial charge is 0.466 e. The average molecular weight is 556 g/mol. The molecule has 0 aromatic heterocycles. The SMILES string of the molecule is CC(F)(F)F.CCOC(=O)CCN(Cc1ccc(C(C)(C)C)cc1)c1ccc(-c2ccc(C(C)CC)cc2)cc1. The van der Waals surface area contributed by atoms with Crippen LogP contribution in [-0.4, -0.2) is 25.3 Å². The van der Waals surface area contributed by atoms with E-state index < -0.39 is 6.18 Å². The van der Waals surface area contributed by atoms with E-state index in [1.807, 2.05) is 6.92 Å². The highest BCUT2D eigenvalue weighted by molar-refractivity contribution is 5.71. The Bertz CT molecular complexity index is 1160. The van der Waals surface area contributed by atoms with E-state index in [9.17, 15) is 18.0 Å². The first-order valence-electron chi connectivity index (χ1n) is 14.0. The van der Waals surface area contributed by atoms with Crippen LogP contribution in [0.4, 0.5) is 18.9 Å². The van der Waals surface area contributed by atoms with Crippen LogP contribution in [-0.2, 0) is 21.5 Å². The van der Waals surface area contributed by atoms with Crippen LogP contribution in [0.3, 0.4) is 0 Å². The summed E-state index contributed by atoms with van der Waals surface area (Å²) in [6.45, 7) is 15.0. The van der Waals surface area contributed by atoms with E-state index in [0.717, 1.165) is 18.7 Å². The molecule has 6 heteroatoms. The van der Waals surface area contributed by atoms with E-state index in [4.69, 9.17) is 4.74 Å². The fourth-order valence-corrected chi connectivity index (χ4v) is 4.19. The van der Waals surface area contributed by atoms with Crippen molar-refractivity contribution in [2.24, 2.45) is 0 Å². The summed E-state index contributed by atoms with van der Waals surface area (Å²) in [7, 11) is 0. The van der Waals surface area contributed by atoms with Crippen molar-refractivity contribution >= 4 is 11.7 Å². The quantitative estimate of drug-likeness (QED) is 0.233. The summed E-state index contributed by atoms with van der Waals surface area (Å²) in [4.78, 5) is 14.3. The minimum atomic E-state index is -4.00. The summed E-state index contributed by atoms with van der Waals surface area (Å²) in [5.41, 5.74) is 7.59. The lowest BCUT2D eigenvalue weighted by Crippen LogP contribution is -2.26. The van der Waals surface area contributed by atoms with Crippen molar-refractivity contribution in [3.63, 3.8) is 0 Å². The normalized spacial score (nSPS) is 12.2. The topological polar surface area (TPSA) is 29.5 Å². The number of anilines is 1. The summed E-state index contributed by atoms with van der Waals surface area (Å²) >= 11 is 0. The summed E-state index contributed by atoms with van der Waals surface area (Å²) < 4.78 is 36.2. The van der Waals surface area contributed by atoms with Gasteiger partial charge in [0.05, 0.1) is 13.0 Å². The van der Waals surface area contributed by atoms with Crippen molar-refractivity contribution in [1.82, 2.24) is 0 Å². The van der Waals surface area contributed by atoms with Gasteiger partial charge >= 0.3 is 12.1 Å². The molecule has 3 nitrogen and oxygen atoms in total. The van der Waals surface area contributed by atoms with Gasteiger partial charge in [0.1, 0.15) is 0 Å². The molecule has 0 heterocycles. The number of esters is 1. The van der Waals surface area contributed by atoms with E-state index in [0.29, 0.717) is 25.5 Å². The highest BCUT2D eigenvalue weighted by Gasteiger charge is 2.16. The Balaban J connectivity index is 0.00000103. The molecule has 218 valence electrons. The number of hydrogen-bond acceptors (Lipinski definition) is 3. The van der Waals surface area contributed by atoms with Crippen molar-refractivity contribution in [3.05, 3.63) is 89.5 Å². The third-order valence-electron chi connectivity index (χ3n) is 6.74. The molecule has 0 spiro atoms. The predicted molar refractivity (Wildman–Crippen MR) is 160 cm³/mol. The molecule has 3 aromatic carbocycles. The molecule has 0 aliphatic carbocycles. The maximum Gasteiger partial charge on any atom is 0.386 e. The number of benzene rings is 3. The van der Waals surface area contributed by atoms with Crippen LogP contribution in [0, 0.1) is 0 Å². The van der Waals surface area contributed by atoms with Crippen LogP contribution in [0.15, 0.2) is 72.8 Å². The number of carbonyl (C=O) groups excluding carboxylic acids is 1. The molecule has 1 unspecified atom stereocenters. The minimum Gasteiger partial charge on any atom is -0.466 e. The fraction of sp³-hybridized carbons (Fsp3) is 0.441. The second kappa shape index (κ2) is 14.9. The highest BCUT2D eigenvalue weighted by Crippen LogP contribution is 2.28. The first-order chi connectivity index (χ1) is 18.7. The Hall–Kier alpha value is -3.28. The van der Waals surface area contributed by atoms with E-state index >= 15 is 0 Å². The van der Waals surface area contributed by atoms with E-state index in [2.05, 4.69) is 112 Å². The molecule has 0 N–H and O–H groups in total. The second-order valence-electron chi connectivity index (χ2n) is 11.2. The molecule has 0 aliphatic rings. The van der Waals surface area contributed by atoms with Crippen LogP contribution in [0.5, 0.6) is 0 Å². The summed E-state index contributed by atoms with van der Waals surface area (Å²) in [6, 6.07) is 26.4. The highest BCUT2D eigenvalue weighted by atomic mass is 19.4. The van der Waals surface area contributed by atoms with Gasteiger partial charge in [0.25, 0.3) is 0 Å². The Labute approximate surface area is 238 Å². The molecule has 1 atom stereocenters. The van der Waals surface area contributed by atoms with Gasteiger partial charge in [-0.3, -0.25) is 4.79 Å². The summed E-state index contributed by atoms with van der Waals surface area (Å²) in [6.07, 6.45) is -2.48. The van der Waals surface area contributed by atoms with Crippen LogP contribution < -0.4 is 4.90 Å². The first-order valence-corrected chi connectivity index (χ1v) is 14.0. The fourth-order valence-electron chi connectivity index (χ4n) is 4.19. The van der Waals surface area contributed by atoms with Crippen molar-refractivity contribution in [1.29, 1.82) is 0 Å². The van der Waals surface area contributed by atoms with Gasteiger partial charge in [-0.05, 0) is 64.6 Å². The smallest absolute Gasteiger partial charge is 0.386 e. The van der Waals surface area contributed by atoms with Gasteiger partial charge in [-0.2, -0.15) is 13.2 Å². The predicted octanol–water partition coefficient (Wildman–Crippen LogP) is 9.69. The number of alkyl halides is 3. The van der Waals surface area contributed by atoms with E-state index in [-0.39, 0.29) is 18.3 Å². The molecule has 40 heavy (non-hydrogen) atoms. The number of halogens is 3. The zero-order valence-electron chi connectivity index (χ0n) is 24.9. The van der Waals surface area contributed by atoms with Gasteiger partial charge in [0, 0.05) is 25.7 Å². The van der Waals surface area contributed by atoms with Gasteiger partial charge in [0.15, 0.2) is 0 Å². The maximum absolute atomic E-state index is 12.1. The number of ether oxygens (including phenoxy) is 1. The average Bonchev–Trinajstić information content (AvgIpc) is 2.90. The molecule has 0 amide bonds. The molecule has 3 rings (SSSR count). The summed E-state index contributed by atoms with van der Waals surface area (Å²) in [5, 5.41) is 0. The Kier molecular flexibility index (Phi) is 12.3. The van der Waals surface area contributed by atoms with Crippen molar-refractivity contribution < 1.29 is 22.7 Å². The zero-order chi connectivity index (χ0) is 29.9. The lowest BCUT2D eigenvalue weighted by molar-refractivity contribution is -0.142. The molecule has 0 aliphatic heterocycles. The molecular formula is C34H44F3NO2. The number of nitrogens with zero attached hydrogens (tertiary/aromatic N) is 1. The molecule has 3 aromatic rings. The second-order valence-corrected chi connectivity index (χ2v) is 11.2. The lowest BCUT2D eigenvalue weighted by Gasteiger charge is -2.26. The van der Waals surface area contributed by atoms with Crippen LogP contribution >= 0.6 is 0 Å². The molecule has 0 radical (unpaired) electrons. The maximum atomic E-state index is 12.1. The van der Waals surface area contributed by atoms with Gasteiger partial charge in [-0.25, -0.2) is 0 Å². The molecule has 0 bridgehead atoms. The van der Waals surface area contributed by atoms with E-state index in [1.54, 1.807) is 0 Å². The van der Waals surface area contributed by atoms with Crippen molar-refractivity contribution in [2.75, 3.05) is 18.1 Å². The molecular weight excluding hydrogens is 511 g/mol. The third kappa shape index (κ3) is 11.4. The summed E-state index contributed by atoms with van der Waals surface area (Å²) in [5.74, 6) is 0.426. The standard InChI is InChI=1S/C32H41NO2.C2H3F3/c1-7-24(3)26-11-13-27(14-12-26)28-15-19-30(20-16-28)33(22-21-31(34)35-8-2)23-25-9-17-29(18-10-25)32(4,5)6;1-2(3,4)5/h9-20,24H,7-8,21-23H2,1-6H3;1H3. The van der Waals surface area contributed by atoms with Crippen LogP contribution in [0.1, 0.15) is 83.9 Å². The van der Waals surface area contributed by atoms with Crippen LogP contribution in [0.2, 0.25) is 0 Å². The minimum absolute atomic E-state index is 0.130. The number of hydrogen-bond donors (Lipinski definition) is 0. The van der Waals surface area contributed by atoms with Gasteiger partial charge < -0.3 is 9.64 Å².